The standard InChI is InChI=1S/C15H21NO4/c1-3-5-10-15(4-2,14(17)18)11-12-8-6-7-9-13(12)16(19)20/h6-9H,3-5,10-11H2,1-2H3,(H,17,18). The minimum atomic E-state index is -0.915. The van der Waals surface area contributed by atoms with E-state index >= 15 is 0 Å². The van der Waals surface area contributed by atoms with Gasteiger partial charge in [0.1, 0.15) is 0 Å². The average Bonchev–Trinajstić information content (AvgIpc) is 2.43. The molecule has 1 N–H and O–H groups in total. The van der Waals surface area contributed by atoms with Crippen LogP contribution in [0.15, 0.2) is 24.3 Å². The van der Waals surface area contributed by atoms with Gasteiger partial charge in [0.25, 0.3) is 5.69 Å². The van der Waals surface area contributed by atoms with Crippen molar-refractivity contribution < 1.29 is 14.8 Å². The lowest BCUT2D eigenvalue weighted by Gasteiger charge is -2.28. The van der Waals surface area contributed by atoms with Crippen molar-refractivity contribution in [1.82, 2.24) is 0 Å². The SMILES string of the molecule is CCCCC(CC)(Cc1ccccc1[N+](=O)[O-])C(=O)O. The third kappa shape index (κ3) is 3.56. The van der Waals surface area contributed by atoms with Crippen LogP contribution >= 0.6 is 0 Å². The van der Waals surface area contributed by atoms with Gasteiger partial charge in [-0.1, -0.05) is 44.9 Å². The van der Waals surface area contributed by atoms with Gasteiger partial charge >= 0.3 is 5.97 Å². The molecule has 0 saturated carbocycles. The van der Waals surface area contributed by atoms with Gasteiger partial charge in [-0.25, -0.2) is 0 Å². The fourth-order valence-corrected chi connectivity index (χ4v) is 2.44. The van der Waals surface area contributed by atoms with Gasteiger partial charge in [-0.3, -0.25) is 14.9 Å². The first-order valence-corrected chi connectivity index (χ1v) is 6.92. The van der Waals surface area contributed by atoms with Gasteiger partial charge in [-0.15, -0.1) is 0 Å². The van der Waals surface area contributed by atoms with Crippen LogP contribution < -0.4 is 0 Å². The predicted molar refractivity (Wildman–Crippen MR) is 76.7 cm³/mol. The number of hydrogen-bond donors (Lipinski definition) is 1. The van der Waals surface area contributed by atoms with E-state index in [1.807, 2.05) is 13.8 Å². The van der Waals surface area contributed by atoms with E-state index in [0.29, 0.717) is 18.4 Å². The Hall–Kier alpha value is -1.91. The molecular formula is C15H21NO4. The van der Waals surface area contributed by atoms with E-state index in [0.717, 1.165) is 12.8 Å². The van der Waals surface area contributed by atoms with E-state index in [2.05, 4.69) is 0 Å². The number of carbonyl (C=O) groups is 1. The number of nitrogens with zero attached hydrogens (tertiary/aromatic N) is 1. The molecule has 0 radical (unpaired) electrons. The predicted octanol–water partition coefficient (Wildman–Crippen LogP) is 3.81. The van der Waals surface area contributed by atoms with Crippen LogP contribution in [-0.2, 0) is 11.2 Å². The summed E-state index contributed by atoms with van der Waals surface area (Å²) in [5, 5.41) is 20.6. The molecule has 1 atom stereocenters. The molecule has 0 aliphatic heterocycles. The maximum Gasteiger partial charge on any atom is 0.309 e. The molecule has 110 valence electrons. The van der Waals surface area contributed by atoms with Gasteiger partial charge < -0.3 is 5.11 Å². The third-order valence-electron chi connectivity index (χ3n) is 3.86. The van der Waals surface area contributed by atoms with Crippen LogP contribution in [0.4, 0.5) is 5.69 Å². The number of carboxylic acid groups (broad SMARTS) is 1. The number of nitro groups is 1. The van der Waals surface area contributed by atoms with Crippen molar-refractivity contribution in [3.8, 4) is 0 Å². The number of nitro benzene ring substituents is 1. The first-order valence-electron chi connectivity index (χ1n) is 6.92. The highest BCUT2D eigenvalue weighted by Crippen LogP contribution is 2.36. The minimum absolute atomic E-state index is 0.00285. The van der Waals surface area contributed by atoms with Crippen LogP contribution in [0.2, 0.25) is 0 Å². The van der Waals surface area contributed by atoms with Crippen LogP contribution in [0.5, 0.6) is 0 Å². The fourth-order valence-electron chi connectivity index (χ4n) is 2.44. The van der Waals surface area contributed by atoms with Crippen molar-refractivity contribution in [3.05, 3.63) is 39.9 Å². The number of hydrogen-bond acceptors (Lipinski definition) is 3. The molecule has 1 unspecified atom stereocenters. The van der Waals surface area contributed by atoms with Gasteiger partial charge in [0.15, 0.2) is 0 Å². The lowest BCUT2D eigenvalue weighted by atomic mass is 9.75. The summed E-state index contributed by atoms with van der Waals surface area (Å²) < 4.78 is 0. The zero-order valence-electron chi connectivity index (χ0n) is 12.0. The third-order valence-corrected chi connectivity index (χ3v) is 3.86. The molecule has 0 aromatic heterocycles. The highest BCUT2D eigenvalue weighted by atomic mass is 16.6. The van der Waals surface area contributed by atoms with E-state index < -0.39 is 16.3 Å². The lowest BCUT2D eigenvalue weighted by molar-refractivity contribution is -0.385. The van der Waals surface area contributed by atoms with Crippen LogP contribution in [0.3, 0.4) is 0 Å². The summed E-state index contributed by atoms with van der Waals surface area (Å²) in [6.45, 7) is 3.84. The lowest BCUT2D eigenvalue weighted by Crippen LogP contribution is -2.33. The highest BCUT2D eigenvalue weighted by molar-refractivity contribution is 5.75. The molecule has 0 aliphatic rings. The monoisotopic (exact) mass is 279 g/mol. The second-order valence-electron chi connectivity index (χ2n) is 5.11. The van der Waals surface area contributed by atoms with Crippen molar-refractivity contribution >= 4 is 11.7 Å². The normalized spacial score (nSPS) is 13.7. The van der Waals surface area contributed by atoms with E-state index in [4.69, 9.17) is 0 Å². The van der Waals surface area contributed by atoms with Crippen molar-refractivity contribution in [3.63, 3.8) is 0 Å². The maximum absolute atomic E-state index is 11.7. The first-order chi connectivity index (χ1) is 9.46. The molecule has 0 heterocycles. The maximum atomic E-state index is 11.7. The molecule has 5 nitrogen and oxygen atoms in total. The van der Waals surface area contributed by atoms with Gasteiger partial charge in [0.05, 0.1) is 10.3 Å². The zero-order chi connectivity index (χ0) is 15.2. The topological polar surface area (TPSA) is 80.4 Å². The van der Waals surface area contributed by atoms with Gasteiger partial charge in [0, 0.05) is 11.6 Å². The van der Waals surface area contributed by atoms with Crippen LogP contribution in [-0.4, -0.2) is 16.0 Å². The van der Waals surface area contributed by atoms with Gasteiger partial charge in [-0.2, -0.15) is 0 Å². The van der Waals surface area contributed by atoms with Crippen LogP contribution in [0, 0.1) is 15.5 Å². The number of rotatable bonds is 8. The summed E-state index contributed by atoms with van der Waals surface area (Å²) in [5.41, 5.74) is -0.414. The summed E-state index contributed by atoms with van der Waals surface area (Å²) >= 11 is 0. The number of para-hydroxylation sites is 1. The summed E-state index contributed by atoms with van der Waals surface area (Å²) in [6, 6.07) is 6.39. The molecule has 1 aromatic rings. The smallest absolute Gasteiger partial charge is 0.309 e. The van der Waals surface area contributed by atoms with E-state index in [1.165, 1.54) is 6.07 Å². The van der Waals surface area contributed by atoms with Crippen molar-refractivity contribution in [2.75, 3.05) is 0 Å². The number of carboxylic acids is 1. The molecule has 0 amide bonds. The summed E-state index contributed by atoms with van der Waals surface area (Å²) in [7, 11) is 0. The Kier molecular flexibility index (Phi) is 5.67. The van der Waals surface area contributed by atoms with Gasteiger partial charge in [-0.05, 0) is 19.3 Å². The molecule has 5 heteroatoms. The first kappa shape index (κ1) is 16.1. The molecule has 1 rings (SSSR count). The largest absolute Gasteiger partial charge is 0.481 e. The second kappa shape index (κ2) is 7.03. The Morgan fingerprint density at radius 2 is 2.00 bits per heavy atom. The Bertz CT molecular complexity index is 487. The average molecular weight is 279 g/mol. The number of aliphatic carboxylic acids is 1. The molecule has 1 aromatic carbocycles. The summed E-state index contributed by atoms with van der Waals surface area (Å²) in [6.07, 6.45) is 2.93. The molecule has 20 heavy (non-hydrogen) atoms. The molecule has 0 saturated heterocycles. The molecule has 0 fully saturated rings. The highest BCUT2D eigenvalue weighted by Gasteiger charge is 2.37. The second-order valence-corrected chi connectivity index (χ2v) is 5.11. The number of benzene rings is 1. The quantitative estimate of drug-likeness (QED) is 0.579. The Balaban J connectivity index is 3.12. The minimum Gasteiger partial charge on any atom is -0.481 e. The molecule has 0 spiro atoms. The van der Waals surface area contributed by atoms with Crippen LogP contribution in [0.25, 0.3) is 0 Å². The molecule has 0 aliphatic carbocycles. The Morgan fingerprint density at radius 3 is 2.50 bits per heavy atom. The van der Waals surface area contributed by atoms with E-state index in [9.17, 15) is 20.0 Å². The fraction of sp³-hybridized carbons (Fsp3) is 0.533. The van der Waals surface area contributed by atoms with Crippen molar-refractivity contribution in [2.24, 2.45) is 5.41 Å². The van der Waals surface area contributed by atoms with E-state index in [1.54, 1.807) is 18.2 Å². The number of unbranched alkanes of at least 4 members (excludes halogenated alkanes) is 1. The summed E-state index contributed by atoms with van der Waals surface area (Å²) in [5.74, 6) is -0.869. The summed E-state index contributed by atoms with van der Waals surface area (Å²) in [4.78, 5) is 22.3. The van der Waals surface area contributed by atoms with Crippen molar-refractivity contribution in [2.45, 2.75) is 46.0 Å². The van der Waals surface area contributed by atoms with E-state index in [-0.39, 0.29) is 12.1 Å². The van der Waals surface area contributed by atoms with Crippen molar-refractivity contribution in [1.29, 1.82) is 0 Å². The molecular weight excluding hydrogens is 258 g/mol. The zero-order valence-corrected chi connectivity index (χ0v) is 12.0. The molecule has 0 bridgehead atoms. The van der Waals surface area contributed by atoms with Gasteiger partial charge in [0.2, 0.25) is 0 Å². The van der Waals surface area contributed by atoms with Crippen LogP contribution in [0.1, 0.15) is 45.1 Å². The Labute approximate surface area is 118 Å². The Morgan fingerprint density at radius 1 is 1.35 bits per heavy atom.